The van der Waals surface area contributed by atoms with Gasteiger partial charge in [-0.05, 0) is 33.9 Å². The van der Waals surface area contributed by atoms with Crippen molar-refractivity contribution in [2.24, 2.45) is 0 Å². The molecular formula is C12H13BrN2O2. The molecule has 0 unspecified atom stereocenters. The summed E-state index contributed by atoms with van der Waals surface area (Å²) in [6.07, 6.45) is 1.22. The molecular weight excluding hydrogens is 284 g/mol. The number of rotatable bonds is 1. The normalized spacial score (nSPS) is 15.4. The zero-order valence-corrected chi connectivity index (χ0v) is 11.3. The van der Waals surface area contributed by atoms with Crippen molar-refractivity contribution in [3.05, 3.63) is 22.2 Å². The van der Waals surface area contributed by atoms with E-state index in [1.54, 1.807) is 0 Å². The van der Waals surface area contributed by atoms with Crippen LogP contribution in [0, 0.1) is 0 Å². The van der Waals surface area contributed by atoms with Gasteiger partial charge in [-0.15, -0.1) is 0 Å². The average Bonchev–Trinajstić information content (AvgIpc) is 2.74. The van der Waals surface area contributed by atoms with Gasteiger partial charge in [0.05, 0.1) is 0 Å². The molecule has 1 fully saturated rings. The first-order valence-corrected chi connectivity index (χ1v) is 6.47. The monoisotopic (exact) mass is 296 g/mol. The topological polar surface area (TPSA) is 56.0 Å². The lowest BCUT2D eigenvalue weighted by Gasteiger charge is -2.24. The number of nitrogens with zero attached hydrogens (tertiary/aromatic N) is 2. The molecule has 1 aliphatic carbocycles. The molecule has 5 heteroatoms. The van der Waals surface area contributed by atoms with E-state index >= 15 is 0 Å². The van der Waals surface area contributed by atoms with Crippen molar-refractivity contribution in [3.63, 3.8) is 0 Å². The molecule has 1 aromatic heterocycles. The van der Waals surface area contributed by atoms with E-state index in [9.17, 15) is 4.79 Å². The zero-order valence-electron chi connectivity index (χ0n) is 9.74. The lowest BCUT2D eigenvalue weighted by atomic mass is 9.78. The second-order valence-corrected chi connectivity index (χ2v) is 4.69. The third-order valence-corrected chi connectivity index (χ3v) is 3.20. The minimum atomic E-state index is 0.282. The van der Waals surface area contributed by atoms with Crippen molar-refractivity contribution in [1.29, 1.82) is 0 Å². The first-order chi connectivity index (χ1) is 8.24. The van der Waals surface area contributed by atoms with Gasteiger partial charge in [0.1, 0.15) is 16.8 Å². The number of carbonyl (C=O) groups excluding carboxylic acids is 1. The highest BCUT2D eigenvalue weighted by molar-refractivity contribution is 9.10. The van der Waals surface area contributed by atoms with Crippen LogP contribution in [0.1, 0.15) is 38.2 Å². The van der Waals surface area contributed by atoms with Crippen LogP contribution in [0.5, 0.6) is 0 Å². The Labute approximate surface area is 107 Å². The molecule has 17 heavy (non-hydrogen) atoms. The van der Waals surface area contributed by atoms with Crippen LogP contribution in [-0.4, -0.2) is 16.1 Å². The van der Waals surface area contributed by atoms with Gasteiger partial charge in [-0.1, -0.05) is 29.8 Å². The molecule has 0 spiro atoms. The maximum atomic E-state index is 11.0. The Morgan fingerprint density at radius 1 is 1.29 bits per heavy atom. The Bertz CT molecular complexity index is 542. The van der Waals surface area contributed by atoms with Gasteiger partial charge in [0.2, 0.25) is 0 Å². The summed E-state index contributed by atoms with van der Waals surface area (Å²) in [5.41, 5.74) is 2.56. The van der Waals surface area contributed by atoms with Crippen LogP contribution in [-0.2, 0) is 4.79 Å². The molecule has 0 bridgehead atoms. The van der Waals surface area contributed by atoms with Gasteiger partial charge in [-0.2, -0.15) is 0 Å². The van der Waals surface area contributed by atoms with Crippen LogP contribution in [0.25, 0.3) is 11.0 Å². The van der Waals surface area contributed by atoms with Gasteiger partial charge in [0.25, 0.3) is 0 Å². The molecule has 4 nitrogen and oxygen atoms in total. The predicted octanol–water partition coefficient (Wildman–Crippen LogP) is 3.46. The summed E-state index contributed by atoms with van der Waals surface area (Å²) in [5, 5.41) is 7.67. The van der Waals surface area contributed by atoms with Gasteiger partial charge >= 0.3 is 0 Å². The van der Waals surface area contributed by atoms with Crippen molar-refractivity contribution < 1.29 is 9.42 Å². The van der Waals surface area contributed by atoms with Crippen LogP contribution >= 0.6 is 15.9 Å². The maximum absolute atomic E-state index is 11.0. The smallest absolute Gasteiger partial charge is 0.138 e. The molecule has 1 saturated carbocycles. The molecule has 0 amide bonds. The largest absolute Gasteiger partial charge is 0.300 e. The third kappa shape index (κ3) is 2.24. The van der Waals surface area contributed by atoms with Gasteiger partial charge in [-0.3, -0.25) is 4.79 Å². The Balaban J connectivity index is 0.000000514. The molecule has 0 saturated heterocycles. The van der Waals surface area contributed by atoms with Crippen molar-refractivity contribution in [1.82, 2.24) is 10.3 Å². The summed E-state index contributed by atoms with van der Waals surface area (Å²) in [6.45, 7) is 4.00. The van der Waals surface area contributed by atoms with Crippen molar-refractivity contribution in [2.75, 3.05) is 0 Å². The summed E-state index contributed by atoms with van der Waals surface area (Å²) < 4.78 is 5.64. The van der Waals surface area contributed by atoms with E-state index in [1.807, 2.05) is 26.0 Å². The van der Waals surface area contributed by atoms with E-state index in [2.05, 4.69) is 26.2 Å². The van der Waals surface area contributed by atoms with Crippen molar-refractivity contribution in [2.45, 2.75) is 32.6 Å². The summed E-state index contributed by atoms with van der Waals surface area (Å²) >= 11 is 3.41. The van der Waals surface area contributed by atoms with Gasteiger partial charge in [-0.25, -0.2) is 4.63 Å². The summed E-state index contributed by atoms with van der Waals surface area (Å²) in [4.78, 5) is 11.0. The molecule has 1 aromatic carbocycles. The molecule has 1 heterocycles. The molecule has 1 aliphatic rings. The fraction of sp³-hybridized carbons (Fsp3) is 0.417. The fourth-order valence-electron chi connectivity index (χ4n) is 1.90. The minimum absolute atomic E-state index is 0.282. The van der Waals surface area contributed by atoms with E-state index in [1.165, 1.54) is 0 Å². The average molecular weight is 297 g/mol. The predicted molar refractivity (Wildman–Crippen MR) is 67.8 cm³/mol. The second kappa shape index (κ2) is 4.96. The van der Waals surface area contributed by atoms with E-state index in [-0.39, 0.29) is 5.92 Å². The Hall–Kier alpha value is -1.23. The zero-order chi connectivity index (χ0) is 12.4. The number of ketones is 1. The van der Waals surface area contributed by atoms with Gasteiger partial charge < -0.3 is 0 Å². The summed E-state index contributed by atoms with van der Waals surface area (Å²) in [7, 11) is 0. The van der Waals surface area contributed by atoms with Crippen LogP contribution in [0.15, 0.2) is 21.2 Å². The minimum Gasteiger partial charge on any atom is -0.300 e. The van der Waals surface area contributed by atoms with Gasteiger partial charge in [0, 0.05) is 17.3 Å². The quantitative estimate of drug-likeness (QED) is 0.809. The SMILES string of the molecule is CC.O=C1CC(c2cc(Br)cc3nonc23)C1. The van der Waals surface area contributed by atoms with E-state index in [4.69, 9.17) is 4.63 Å². The number of hydrogen-bond acceptors (Lipinski definition) is 4. The fourth-order valence-corrected chi connectivity index (χ4v) is 2.36. The summed E-state index contributed by atoms with van der Waals surface area (Å²) in [6, 6.07) is 3.85. The van der Waals surface area contributed by atoms with Crippen molar-refractivity contribution in [3.8, 4) is 0 Å². The first-order valence-electron chi connectivity index (χ1n) is 5.67. The molecule has 0 atom stereocenters. The molecule has 0 aliphatic heterocycles. The van der Waals surface area contributed by atoms with Gasteiger partial charge in [0.15, 0.2) is 0 Å². The second-order valence-electron chi connectivity index (χ2n) is 3.77. The van der Waals surface area contributed by atoms with Crippen molar-refractivity contribution >= 4 is 32.7 Å². The molecule has 90 valence electrons. The Kier molecular flexibility index (Phi) is 3.57. The van der Waals surface area contributed by atoms with Crippen LogP contribution in [0.2, 0.25) is 0 Å². The lowest BCUT2D eigenvalue weighted by molar-refractivity contribution is -0.124. The highest BCUT2D eigenvalue weighted by Crippen LogP contribution is 2.38. The number of hydrogen-bond donors (Lipinski definition) is 0. The molecule has 2 aromatic rings. The Morgan fingerprint density at radius 3 is 2.65 bits per heavy atom. The molecule has 3 rings (SSSR count). The standard InChI is InChI=1S/C10H7BrN2O2.C2H6/c11-6-3-8(5-1-7(14)2-5)10-9(4-6)12-15-13-10;1-2/h3-5H,1-2H2;1-2H3. The van der Waals surface area contributed by atoms with E-state index in [0.717, 1.165) is 21.1 Å². The first kappa shape index (κ1) is 12.2. The number of Topliss-reactive ketones (excluding diaryl/α,β-unsaturated/α-hetero) is 1. The molecule has 0 radical (unpaired) electrons. The summed E-state index contributed by atoms with van der Waals surface area (Å²) in [5.74, 6) is 0.592. The van der Waals surface area contributed by atoms with E-state index in [0.29, 0.717) is 18.6 Å². The molecule has 0 N–H and O–H groups in total. The Morgan fingerprint density at radius 2 is 2.00 bits per heavy atom. The highest BCUT2D eigenvalue weighted by atomic mass is 79.9. The maximum Gasteiger partial charge on any atom is 0.138 e. The third-order valence-electron chi connectivity index (χ3n) is 2.74. The van der Waals surface area contributed by atoms with Crippen LogP contribution in [0.4, 0.5) is 0 Å². The van der Waals surface area contributed by atoms with Crippen LogP contribution < -0.4 is 0 Å². The highest BCUT2D eigenvalue weighted by Gasteiger charge is 2.30. The lowest BCUT2D eigenvalue weighted by Crippen LogP contribution is -2.21. The number of halogens is 1. The number of fused-ring (bicyclic) bond motifs is 1. The number of carbonyl (C=O) groups is 1. The number of aromatic nitrogens is 2. The number of benzene rings is 1. The van der Waals surface area contributed by atoms with Crippen LogP contribution in [0.3, 0.4) is 0 Å². The van der Waals surface area contributed by atoms with E-state index < -0.39 is 0 Å².